The Hall–Kier alpha value is -1.06. The van der Waals surface area contributed by atoms with Crippen LogP contribution >= 0.6 is 0 Å². The summed E-state index contributed by atoms with van der Waals surface area (Å²) in [5, 5.41) is 0. The molecule has 0 spiro atoms. The molecule has 1 aromatic rings. The van der Waals surface area contributed by atoms with E-state index >= 15 is 0 Å². The molecule has 1 aliphatic rings. The largest absolute Gasteiger partial charge is 0.494 e. The zero-order valence-corrected chi connectivity index (χ0v) is 12.3. The second-order valence-electron chi connectivity index (χ2n) is 5.48. The second-order valence-corrected chi connectivity index (χ2v) is 5.48. The molecule has 2 rings (SSSR count). The summed E-state index contributed by atoms with van der Waals surface area (Å²) < 4.78 is 5.48. The van der Waals surface area contributed by atoms with Crippen molar-refractivity contribution < 1.29 is 4.74 Å². The Morgan fingerprint density at radius 1 is 1.32 bits per heavy atom. The second kappa shape index (κ2) is 6.40. The lowest BCUT2D eigenvalue weighted by molar-refractivity contribution is 0.170. The topological polar surface area (TPSA) is 38.5 Å². The summed E-state index contributed by atoms with van der Waals surface area (Å²) in [5.74, 6) is 1.75. The van der Waals surface area contributed by atoms with Gasteiger partial charge in [0.05, 0.1) is 6.61 Å². The number of rotatable bonds is 7. The average Bonchev–Trinajstić information content (AvgIpc) is 3.24. The van der Waals surface area contributed by atoms with Crippen LogP contribution in [0.2, 0.25) is 0 Å². The van der Waals surface area contributed by atoms with Crippen molar-refractivity contribution >= 4 is 0 Å². The minimum Gasteiger partial charge on any atom is -0.494 e. The Bertz CT molecular complexity index is 386. The Labute approximate surface area is 116 Å². The molecule has 3 heteroatoms. The summed E-state index contributed by atoms with van der Waals surface area (Å²) in [6.45, 7) is 5.72. The van der Waals surface area contributed by atoms with Crippen LogP contribution in [0.3, 0.4) is 0 Å². The monoisotopic (exact) mass is 262 g/mol. The molecule has 2 atom stereocenters. The van der Waals surface area contributed by atoms with Gasteiger partial charge in [-0.2, -0.15) is 0 Å². The van der Waals surface area contributed by atoms with Gasteiger partial charge in [0.25, 0.3) is 0 Å². The van der Waals surface area contributed by atoms with Gasteiger partial charge in [-0.05, 0) is 57.4 Å². The first-order valence-corrected chi connectivity index (χ1v) is 7.32. The molecule has 0 saturated heterocycles. The molecule has 1 aromatic carbocycles. The van der Waals surface area contributed by atoms with Gasteiger partial charge in [0.15, 0.2) is 0 Å². The Morgan fingerprint density at radius 3 is 2.42 bits per heavy atom. The molecule has 19 heavy (non-hydrogen) atoms. The first-order valence-electron chi connectivity index (χ1n) is 7.32. The van der Waals surface area contributed by atoms with E-state index in [9.17, 15) is 0 Å². The van der Waals surface area contributed by atoms with E-state index in [-0.39, 0.29) is 0 Å². The van der Waals surface area contributed by atoms with E-state index in [4.69, 9.17) is 10.5 Å². The van der Waals surface area contributed by atoms with Crippen LogP contribution in [0.1, 0.15) is 38.3 Å². The van der Waals surface area contributed by atoms with Gasteiger partial charge in [0.2, 0.25) is 0 Å². The minimum absolute atomic E-state index is 0.393. The predicted molar refractivity (Wildman–Crippen MR) is 79.4 cm³/mol. The number of nitrogens with zero attached hydrogens (tertiary/aromatic N) is 1. The molecule has 0 aromatic heterocycles. The lowest BCUT2D eigenvalue weighted by Crippen LogP contribution is -2.41. The average molecular weight is 262 g/mol. The van der Waals surface area contributed by atoms with Crippen molar-refractivity contribution in [2.75, 3.05) is 20.2 Å². The van der Waals surface area contributed by atoms with Crippen molar-refractivity contribution in [2.45, 2.75) is 38.8 Å². The molecular formula is C16H26N2O. The molecule has 1 fully saturated rings. The minimum atomic E-state index is 0.393. The predicted octanol–water partition coefficient (Wildman–Crippen LogP) is 2.82. The van der Waals surface area contributed by atoms with Gasteiger partial charge in [0, 0.05) is 18.6 Å². The molecule has 0 bridgehead atoms. The summed E-state index contributed by atoms with van der Waals surface area (Å²) in [6, 6.07) is 9.33. The van der Waals surface area contributed by atoms with E-state index in [0.29, 0.717) is 18.7 Å². The van der Waals surface area contributed by atoms with Crippen LogP contribution < -0.4 is 10.5 Å². The molecule has 0 aliphatic heterocycles. The van der Waals surface area contributed by atoms with Gasteiger partial charge in [0.1, 0.15) is 5.75 Å². The third kappa shape index (κ3) is 3.48. The van der Waals surface area contributed by atoms with E-state index in [2.05, 4.69) is 43.1 Å². The highest BCUT2D eigenvalue weighted by atomic mass is 16.5. The number of hydrogen-bond donors (Lipinski definition) is 1. The van der Waals surface area contributed by atoms with Gasteiger partial charge in [-0.1, -0.05) is 12.1 Å². The van der Waals surface area contributed by atoms with Crippen molar-refractivity contribution in [1.82, 2.24) is 4.90 Å². The van der Waals surface area contributed by atoms with Crippen LogP contribution in [0, 0.1) is 5.92 Å². The SMILES string of the molecule is CCOc1ccc(C(C)N(C)C(CN)C2CC2)cc1. The third-order valence-electron chi connectivity index (χ3n) is 4.22. The van der Waals surface area contributed by atoms with Gasteiger partial charge in [-0.25, -0.2) is 0 Å². The van der Waals surface area contributed by atoms with Crippen LogP contribution in [-0.2, 0) is 0 Å². The van der Waals surface area contributed by atoms with Crippen molar-refractivity contribution in [1.29, 1.82) is 0 Å². The number of likely N-dealkylation sites (N-methyl/N-ethyl adjacent to an activating group) is 1. The zero-order valence-electron chi connectivity index (χ0n) is 12.3. The van der Waals surface area contributed by atoms with Crippen molar-refractivity contribution in [3.05, 3.63) is 29.8 Å². The molecule has 106 valence electrons. The maximum Gasteiger partial charge on any atom is 0.119 e. The first-order chi connectivity index (χ1) is 9.17. The molecule has 0 amide bonds. The quantitative estimate of drug-likeness (QED) is 0.821. The van der Waals surface area contributed by atoms with E-state index < -0.39 is 0 Å². The fourth-order valence-electron chi connectivity index (χ4n) is 2.70. The van der Waals surface area contributed by atoms with Gasteiger partial charge in [-0.3, -0.25) is 4.90 Å². The molecule has 3 nitrogen and oxygen atoms in total. The standard InChI is InChI=1S/C16H26N2O/c1-4-19-15-9-7-13(8-10-15)12(2)18(3)16(11-17)14-5-6-14/h7-10,12,14,16H,4-6,11,17H2,1-3H3. The third-order valence-corrected chi connectivity index (χ3v) is 4.22. The van der Waals surface area contributed by atoms with Crippen LogP contribution in [0.25, 0.3) is 0 Å². The summed E-state index contributed by atoms with van der Waals surface area (Å²) in [7, 11) is 2.19. The van der Waals surface area contributed by atoms with Crippen molar-refractivity contribution in [3.8, 4) is 5.75 Å². The number of ether oxygens (including phenoxy) is 1. The molecule has 0 radical (unpaired) electrons. The summed E-state index contributed by atoms with van der Waals surface area (Å²) in [5.41, 5.74) is 7.26. The Morgan fingerprint density at radius 2 is 1.95 bits per heavy atom. The lowest BCUT2D eigenvalue weighted by Gasteiger charge is -2.33. The molecule has 1 aliphatic carbocycles. The zero-order chi connectivity index (χ0) is 13.8. The van der Waals surface area contributed by atoms with Crippen LogP contribution in [0.5, 0.6) is 5.75 Å². The Balaban J connectivity index is 2.02. The van der Waals surface area contributed by atoms with E-state index in [1.54, 1.807) is 0 Å². The fourth-order valence-corrected chi connectivity index (χ4v) is 2.70. The molecule has 2 N–H and O–H groups in total. The van der Waals surface area contributed by atoms with Crippen molar-refractivity contribution in [2.24, 2.45) is 11.7 Å². The molecule has 0 heterocycles. The van der Waals surface area contributed by atoms with Gasteiger partial charge < -0.3 is 10.5 Å². The highest BCUT2D eigenvalue weighted by Crippen LogP contribution is 2.37. The number of benzene rings is 1. The van der Waals surface area contributed by atoms with E-state index in [1.165, 1.54) is 18.4 Å². The normalized spacial score (nSPS) is 18.4. The molecule has 1 saturated carbocycles. The molecular weight excluding hydrogens is 236 g/mol. The maximum atomic E-state index is 5.93. The van der Waals surface area contributed by atoms with E-state index in [1.807, 2.05) is 6.92 Å². The maximum absolute atomic E-state index is 5.93. The highest BCUT2D eigenvalue weighted by molar-refractivity contribution is 5.29. The number of hydrogen-bond acceptors (Lipinski definition) is 3. The highest BCUT2D eigenvalue weighted by Gasteiger charge is 2.34. The fraction of sp³-hybridized carbons (Fsp3) is 0.625. The van der Waals surface area contributed by atoms with Gasteiger partial charge in [-0.15, -0.1) is 0 Å². The molecule has 2 unspecified atom stereocenters. The van der Waals surface area contributed by atoms with Crippen LogP contribution in [-0.4, -0.2) is 31.1 Å². The van der Waals surface area contributed by atoms with Crippen molar-refractivity contribution in [3.63, 3.8) is 0 Å². The van der Waals surface area contributed by atoms with E-state index in [0.717, 1.165) is 18.2 Å². The number of nitrogens with two attached hydrogens (primary N) is 1. The smallest absolute Gasteiger partial charge is 0.119 e. The Kier molecular flexibility index (Phi) is 4.83. The summed E-state index contributed by atoms with van der Waals surface area (Å²) in [6.07, 6.45) is 2.67. The van der Waals surface area contributed by atoms with Gasteiger partial charge >= 0.3 is 0 Å². The van der Waals surface area contributed by atoms with Crippen LogP contribution in [0.15, 0.2) is 24.3 Å². The lowest BCUT2D eigenvalue weighted by atomic mass is 10.0. The first kappa shape index (κ1) is 14.4. The summed E-state index contributed by atoms with van der Waals surface area (Å²) in [4.78, 5) is 2.42. The van der Waals surface area contributed by atoms with Crippen LogP contribution in [0.4, 0.5) is 0 Å². The summed E-state index contributed by atoms with van der Waals surface area (Å²) >= 11 is 0.